The zero-order valence-electron chi connectivity index (χ0n) is 16.6. The summed E-state index contributed by atoms with van der Waals surface area (Å²) in [7, 11) is 1.90. The molecule has 156 valence electrons. The van der Waals surface area contributed by atoms with Gasteiger partial charge in [0.15, 0.2) is 0 Å². The molecule has 3 aromatic rings. The predicted octanol–water partition coefficient (Wildman–Crippen LogP) is 4.52. The molecular weight excluding hydrogens is 407 g/mol. The molecule has 0 spiro atoms. The van der Waals surface area contributed by atoms with Gasteiger partial charge in [0, 0.05) is 31.3 Å². The molecule has 2 amide bonds. The van der Waals surface area contributed by atoms with Crippen LogP contribution in [0, 0.1) is 5.82 Å². The first-order valence-corrected chi connectivity index (χ1v) is 10.1. The summed E-state index contributed by atoms with van der Waals surface area (Å²) in [5.74, 6) is -0.286. The number of hydrogen-bond donors (Lipinski definition) is 1. The van der Waals surface area contributed by atoms with Gasteiger partial charge in [0.25, 0.3) is 0 Å². The van der Waals surface area contributed by atoms with Crippen LogP contribution in [-0.2, 0) is 38.0 Å². The molecule has 1 aliphatic heterocycles. The van der Waals surface area contributed by atoms with Crippen LogP contribution in [0.4, 0.5) is 14.9 Å². The average molecular weight is 429 g/mol. The van der Waals surface area contributed by atoms with Crippen molar-refractivity contribution >= 4 is 23.3 Å². The summed E-state index contributed by atoms with van der Waals surface area (Å²) in [5, 5.41) is 7.94. The van der Waals surface area contributed by atoms with E-state index >= 15 is 0 Å². The Hall–Kier alpha value is -2.90. The van der Waals surface area contributed by atoms with Crippen molar-refractivity contribution in [1.82, 2.24) is 14.7 Å². The summed E-state index contributed by atoms with van der Waals surface area (Å²) in [6.07, 6.45) is 0.707. The lowest BCUT2D eigenvalue weighted by atomic mass is 10.1. The highest BCUT2D eigenvalue weighted by molar-refractivity contribution is 6.33. The predicted molar refractivity (Wildman–Crippen MR) is 113 cm³/mol. The van der Waals surface area contributed by atoms with E-state index < -0.39 is 0 Å². The quantitative estimate of drug-likeness (QED) is 0.650. The summed E-state index contributed by atoms with van der Waals surface area (Å²) < 4.78 is 20.9. The van der Waals surface area contributed by atoms with Gasteiger partial charge in [0.1, 0.15) is 5.82 Å². The number of ether oxygens (including phenoxy) is 1. The van der Waals surface area contributed by atoms with E-state index in [1.54, 1.807) is 23.1 Å². The van der Waals surface area contributed by atoms with Gasteiger partial charge in [-0.3, -0.25) is 4.68 Å². The van der Waals surface area contributed by atoms with E-state index in [1.807, 2.05) is 29.9 Å². The van der Waals surface area contributed by atoms with E-state index in [0.717, 1.165) is 22.5 Å². The first kappa shape index (κ1) is 20.4. The van der Waals surface area contributed by atoms with Crippen molar-refractivity contribution in [3.63, 3.8) is 0 Å². The zero-order chi connectivity index (χ0) is 21.1. The minimum atomic E-state index is -0.286. The van der Waals surface area contributed by atoms with Gasteiger partial charge in [0.2, 0.25) is 0 Å². The van der Waals surface area contributed by atoms with Gasteiger partial charge in [-0.2, -0.15) is 5.10 Å². The number of aromatic nitrogens is 2. The molecule has 1 N–H and O–H groups in total. The highest BCUT2D eigenvalue weighted by Gasteiger charge is 2.27. The van der Waals surface area contributed by atoms with Crippen LogP contribution in [0.2, 0.25) is 5.02 Å². The van der Waals surface area contributed by atoms with E-state index in [9.17, 15) is 9.18 Å². The molecule has 4 rings (SSSR count). The van der Waals surface area contributed by atoms with Crippen LogP contribution in [0.15, 0.2) is 48.5 Å². The standard InChI is InChI=1S/C22H22ClFN4O2/c1-27-21-9-10-28(22(29)25-19-8-3-2-7-18(19)23)12-17(21)20(26-27)14-30-13-15-5-4-6-16(24)11-15/h2-8,11H,9-10,12-14H2,1H3,(H,25,29). The number of anilines is 1. The van der Waals surface area contributed by atoms with Crippen molar-refractivity contribution in [3.8, 4) is 0 Å². The third kappa shape index (κ3) is 4.47. The molecule has 0 saturated carbocycles. The van der Waals surface area contributed by atoms with Crippen LogP contribution < -0.4 is 5.32 Å². The minimum Gasteiger partial charge on any atom is -0.370 e. The highest BCUT2D eigenvalue weighted by Crippen LogP contribution is 2.25. The van der Waals surface area contributed by atoms with Crippen molar-refractivity contribution in [3.05, 3.63) is 81.9 Å². The Labute approximate surface area is 179 Å². The fourth-order valence-electron chi connectivity index (χ4n) is 3.61. The maximum atomic E-state index is 13.3. The molecule has 2 heterocycles. The zero-order valence-corrected chi connectivity index (χ0v) is 17.3. The molecule has 0 fully saturated rings. The van der Waals surface area contributed by atoms with Crippen molar-refractivity contribution in [2.45, 2.75) is 26.2 Å². The summed E-state index contributed by atoms with van der Waals surface area (Å²) in [6.45, 7) is 1.62. The Bertz CT molecular complexity index is 1070. The molecular formula is C22H22ClFN4O2. The maximum absolute atomic E-state index is 13.3. The molecule has 1 aliphatic rings. The van der Waals surface area contributed by atoms with E-state index in [0.29, 0.717) is 43.4 Å². The van der Waals surface area contributed by atoms with Gasteiger partial charge < -0.3 is 15.0 Å². The largest absolute Gasteiger partial charge is 0.370 e. The molecule has 30 heavy (non-hydrogen) atoms. The van der Waals surface area contributed by atoms with Crippen LogP contribution in [0.5, 0.6) is 0 Å². The first-order chi connectivity index (χ1) is 14.5. The number of amides is 2. The third-order valence-electron chi connectivity index (χ3n) is 5.12. The normalized spacial score (nSPS) is 13.2. The number of aryl methyl sites for hydroxylation is 1. The highest BCUT2D eigenvalue weighted by atomic mass is 35.5. The van der Waals surface area contributed by atoms with Crippen LogP contribution in [0.3, 0.4) is 0 Å². The Morgan fingerprint density at radius 1 is 1.23 bits per heavy atom. The number of benzene rings is 2. The monoisotopic (exact) mass is 428 g/mol. The number of nitrogens with zero attached hydrogens (tertiary/aromatic N) is 3. The number of fused-ring (bicyclic) bond motifs is 1. The molecule has 0 aliphatic carbocycles. The molecule has 2 aromatic carbocycles. The van der Waals surface area contributed by atoms with E-state index in [-0.39, 0.29) is 11.8 Å². The Kier molecular flexibility index (Phi) is 6.01. The SMILES string of the molecule is Cn1nc(COCc2cccc(F)c2)c2c1CCN(C(=O)Nc1ccccc1Cl)C2. The molecule has 0 unspecified atom stereocenters. The Morgan fingerprint density at radius 3 is 2.87 bits per heavy atom. The third-order valence-corrected chi connectivity index (χ3v) is 5.45. The summed E-state index contributed by atoms with van der Waals surface area (Å²) >= 11 is 6.15. The molecule has 0 saturated heterocycles. The second kappa shape index (κ2) is 8.85. The minimum absolute atomic E-state index is 0.204. The van der Waals surface area contributed by atoms with Crippen LogP contribution in [-0.4, -0.2) is 27.3 Å². The average Bonchev–Trinajstić information content (AvgIpc) is 3.05. The Morgan fingerprint density at radius 2 is 2.07 bits per heavy atom. The lowest BCUT2D eigenvalue weighted by molar-refractivity contribution is 0.103. The number of carbonyl (C=O) groups excluding carboxylic acids is 1. The van der Waals surface area contributed by atoms with Gasteiger partial charge in [-0.1, -0.05) is 35.9 Å². The maximum Gasteiger partial charge on any atom is 0.322 e. The number of para-hydroxylation sites is 1. The van der Waals surface area contributed by atoms with Crippen molar-refractivity contribution in [2.75, 3.05) is 11.9 Å². The molecule has 0 atom stereocenters. The smallest absolute Gasteiger partial charge is 0.322 e. The number of hydrogen-bond acceptors (Lipinski definition) is 3. The molecule has 0 bridgehead atoms. The summed E-state index contributed by atoms with van der Waals surface area (Å²) in [6, 6.07) is 13.3. The van der Waals surface area contributed by atoms with Crippen molar-refractivity contribution in [1.29, 1.82) is 0 Å². The summed E-state index contributed by atoms with van der Waals surface area (Å²) in [5.41, 5.74) is 4.23. The van der Waals surface area contributed by atoms with Gasteiger partial charge >= 0.3 is 6.03 Å². The lowest BCUT2D eigenvalue weighted by Crippen LogP contribution is -2.39. The fraction of sp³-hybridized carbons (Fsp3) is 0.273. The Balaban J connectivity index is 1.42. The molecule has 0 radical (unpaired) electrons. The number of carbonyl (C=O) groups is 1. The van der Waals surface area contributed by atoms with Crippen LogP contribution in [0.25, 0.3) is 0 Å². The van der Waals surface area contributed by atoms with Crippen LogP contribution in [0.1, 0.15) is 22.5 Å². The van der Waals surface area contributed by atoms with Crippen molar-refractivity contribution < 1.29 is 13.9 Å². The van der Waals surface area contributed by atoms with Gasteiger partial charge in [0.05, 0.1) is 36.2 Å². The summed E-state index contributed by atoms with van der Waals surface area (Å²) in [4.78, 5) is 14.5. The number of rotatable bonds is 5. The van der Waals surface area contributed by atoms with Crippen LogP contribution >= 0.6 is 11.6 Å². The van der Waals surface area contributed by atoms with Crippen molar-refractivity contribution in [2.24, 2.45) is 7.05 Å². The van der Waals surface area contributed by atoms with Gasteiger partial charge in [-0.05, 0) is 29.8 Å². The van der Waals surface area contributed by atoms with Gasteiger partial charge in [-0.25, -0.2) is 9.18 Å². The lowest BCUT2D eigenvalue weighted by Gasteiger charge is -2.28. The van der Waals surface area contributed by atoms with E-state index in [4.69, 9.17) is 16.3 Å². The fourth-order valence-corrected chi connectivity index (χ4v) is 3.79. The van der Waals surface area contributed by atoms with E-state index in [1.165, 1.54) is 12.1 Å². The van der Waals surface area contributed by atoms with Gasteiger partial charge in [-0.15, -0.1) is 0 Å². The topological polar surface area (TPSA) is 59.4 Å². The second-order valence-electron chi connectivity index (χ2n) is 7.20. The number of urea groups is 1. The number of halogens is 2. The number of nitrogens with one attached hydrogen (secondary N) is 1. The molecule has 8 heteroatoms. The van der Waals surface area contributed by atoms with E-state index in [2.05, 4.69) is 10.4 Å². The molecule has 1 aromatic heterocycles. The molecule has 6 nitrogen and oxygen atoms in total. The second-order valence-corrected chi connectivity index (χ2v) is 7.61. The first-order valence-electron chi connectivity index (χ1n) is 9.67.